The summed E-state index contributed by atoms with van der Waals surface area (Å²) in [5.74, 6) is 0.680. The quantitative estimate of drug-likeness (QED) is 0.431. The van der Waals surface area contributed by atoms with Gasteiger partial charge in [0, 0.05) is 13.2 Å². The molecule has 23 heavy (non-hydrogen) atoms. The Morgan fingerprint density at radius 2 is 1.65 bits per heavy atom. The van der Waals surface area contributed by atoms with Gasteiger partial charge in [0.1, 0.15) is 0 Å². The third-order valence-corrected chi connectivity index (χ3v) is 3.41. The maximum atomic E-state index is 9.25. The molecular formula is C20H34O3. The standard InChI is InChI=1S/C10H12O2.C10H22O/c1-3-4-8-5-6-9(11)10(7-8)12-2;1-3-5-7-9-11-10-8-6-4-2/h3,5-7,11H,1,4H2,2H3;3-10H2,1-2H3. The Morgan fingerprint density at radius 1 is 1.04 bits per heavy atom. The molecule has 0 amide bonds. The molecule has 0 heterocycles. The first-order valence-corrected chi connectivity index (χ1v) is 8.74. The van der Waals surface area contributed by atoms with Crippen LogP contribution in [0.2, 0.25) is 0 Å². The van der Waals surface area contributed by atoms with Crippen LogP contribution in [-0.4, -0.2) is 25.4 Å². The van der Waals surface area contributed by atoms with E-state index in [1.165, 1.54) is 45.6 Å². The third kappa shape index (κ3) is 11.7. The largest absolute Gasteiger partial charge is 0.504 e. The van der Waals surface area contributed by atoms with Gasteiger partial charge in [-0.1, -0.05) is 51.7 Å². The topological polar surface area (TPSA) is 38.7 Å². The first-order chi connectivity index (χ1) is 11.2. The van der Waals surface area contributed by atoms with Gasteiger partial charge in [-0.3, -0.25) is 0 Å². The Balaban J connectivity index is 0.000000423. The fraction of sp³-hybridized carbons (Fsp3) is 0.600. The lowest BCUT2D eigenvalue weighted by Crippen LogP contribution is -1.96. The summed E-state index contributed by atoms with van der Waals surface area (Å²) in [4.78, 5) is 0. The van der Waals surface area contributed by atoms with Crippen molar-refractivity contribution in [3.8, 4) is 11.5 Å². The van der Waals surface area contributed by atoms with Crippen LogP contribution in [0.25, 0.3) is 0 Å². The second-order valence-corrected chi connectivity index (χ2v) is 5.53. The highest BCUT2D eigenvalue weighted by molar-refractivity contribution is 5.42. The molecule has 0 bridgehead atoms. The summed E-state index contributed by atoms with van der Waals surface area (Å²) in [6.45, 7) is 10.0. The van der Waals surface area contributed by atoms with Gasteiger partial charge >= 0.3 is 0 Å². The maximum absolute atomic E-state index is 9.25. The number of hydrogen-bond donors (Lipinski definition) is 1. The van der Waals surface area contributed by atoms with E-state index in [0.29, 0.717) is 5.75 Å². The van der Waals surface area contributed by atoms with E-state index in [1.54, 1.807) is 12.1 Å². The molecule has 1 aromatic rings. The van der Waals surface area contributed by atoms with E-state index in [0.717, 1.165) is 25.2 Å². The summed E-state index contributed by atoms with van der Waals surface area (Å²) in [7, 11) is 1.53. The molecule has 3 nitrogen and oxygen atoms in total. The highest BCUT2D eigenvalue weighted by atomic mass is 16.5. The average molecular weight is 322 g/mol. The number of ether oxygens (including phenoxy) is 2. The van der Waals surface area contributed by atoms with Crippen molar-refractivity contribution >= 4 is 0 Å². The zero-order valence-electron chi connectivity index (χ0n) is 15.1. The number of rotatable bonds is 11. The molecule has 0 saturated heterocycles. The molecule has 0 radical (unpaired) electrons. The van der Waals surface area contributed by atoms with Gasteiger partial charge in [-0.15, -0.1) is 6.58 Å². The molecule has 1 rings (SSSR count). The molecular weight excluding hydrogens is 288 g/mol. The van der Waals surface area contributed by atoms with Gasteiger partial charge in [-0.05, 0) is 37.0 Å². The highest BCUT2D eigenvalue weighted by Crippen LogP contribution is 2.26. The van der Waals surface area contributed by atoms with Crippen molar-refractivity contribution in [3.05, 3.63) is 36.4 Å². The smallest absolute Gasteiger partial charge is 0.160 e. The molecule has 1 N–H and O–H groups in total. The number of phenolic OH excluding ortho intramolecular Hbond substituents is 1. The van der Waals surface area contributed by atoms with Crippen molar-refractivity contribution < 1.29 is 14.6 Å². The Kier molecular flexibility index (Phi) is 14.4. The first kappa shape index (κ1) is 21.5. The molecule has 0 fully saturated rings. The molecule has 3 heteroatoms. The SMILES string of the molecule is C=CCc1ccc(O)c(OC)c1.CCCCCOCCCCC. The minimum absolute atomic E-state index is 0.172. The normalized spacial score (nSPS) is 9.87. The van der Waals surface area contributed by atoms with Crippen LogP contribution < -0.4 is 4.74 Å². The molecule has 132 valence electrons. The minimum Gasteiger partial charge on any atom is -0.504 e. The first-order valence-electron chi connectivity index (χ1n) is 8.74. The Morgan fingerprint density at radius 3 is 2.13 bits per heavy atom. The van der Waals surface area contributed by atoms with E-state index >= 15 is 0 Å². The van der Waals surface area contributed by atoms with E-state index in [2.05, 4.69) is 20.4 Å². The number of phenols is 1. The van der Waals surface area contributed by atoms with Gasteiger partial charge in [0.15, 0.2) is 11.5 Å². The molecule has 0 aliphatic heterocycles. The molecule has 0 unspecified atom stereocenters. The van der Waals surface area contributed by atoms with Crippen molar-refractivity contribution in [1.29, 1.82) is 0 Å². The molecule has 0 spiro atoms. The predicted octanol–water partition coefficient (Wildman–Crippen LogP) is 5.51. The van der Waals surface area contributed by atoms with Crippen LogP contribution in [-0.2, 0) is 11.2 Å². The number of aromatic hydroxyl groups is 1. The number of unbranched alkanes of at least 4 members (excludes halogenated alkanes) is 4. The molecule has 0 aliphatic carbocycles. The Labute approximate surface area is 142 Å². The van der Waals surface area contributed by atoms with Crippen LogP contribution >= 0.6 is 0 Å². The van der Waals surface area contributed by atoms with Gasteiger partial charge < -0.3 is 14.6 Å². The lowest BCUT2D eigenvalue weighted by molar-refractivity contribution is 0.126. The molecule has 0 aliphatic rings. The van der Waals surface area contributed by atoms with Crippen LogP contribution in [0.3, 0.4) is 0 Å². The summed E-state index contributed by atoms with van der Waals surface area (Å²) in [6, 6.07) is 5.27. The van der Waals surface area contributed by atoms with Crippen molar-refractivity contribution in [3.63, 3.8) is 0 Å². The Hall–Kier alpha value is -1.48. The van der Waals surface area contributed by atoms with Gasteiger partial charge in [0.25, 0.3) is 0 Å². The zero-order chi connectivity index (χ0) is 17.3. The summed E-state index contributed by atoms with van der Waals surface area (Å²) in [5.41, 5.74) is 1.08. The van der Waals surface area contributed by atoms with E-state index in [4.69, 9.17) is 9.47 Å². The number of allylic oxidation sites excluding steroid dienone is 1. The monoisotopic (exact) mass is 322 g/mol. The summed E-state index contributed by atoms with van der Waals surface area (Å²) in [5, 5.41) is 9.25. The number of methoxy groups -OCH3 is 1. The van der Waals surface area contributed by atoms with E-state index in [9.17, 15) is 5.11 Å². The van der Waals surface area contributed by atoms with Crippen molar-refractivity contribution in [2.45, 2.75) is 58.8 Å². The molecule has 0 atom stereocenters. The van der Waals surface area contributed by atoms with Crippen LogP contribution in [0, 0.1) is 0 Å². The fourth-order valence-electron chi connectivity index (χ4n) is 2.03. The highest BCUT2D eigenvalue weighted by Gasteiger charge is 2.00. The van der Waals surface area contributed by atoms with Gasteiger partial charge in [0.05, 0.1) is 7.11 Å². The van der Waals surface area contributed by atoms with Crippen LogP contribution in [0.4, 0.5) is 0 Å². The summed E-state index contributed by atoms with van der Waals surface area (Å²) in [6.07, 6.45) is 10.3. The van der Waals surface area contributed by atoms with Crippen LogP contribution in [0.15, 0.2) is 30.9 Å². The second-order valence-electron chi connectivity index (χ2n) is 5.53. The van der Waals surface area contributed by atoms with Crippen molar-refractivity contribution in [2.75, 3.05) is 20.3 Å². The zero-order valence-corrected chi connectivity index (χ0v) is 15.1. The lowest BCUT2D eigenvalue weighted by atomic mass is 10.1. The maximum Gasteiger partial charge on any atom is 0.160 e. The van der Waals surface area contributed by atoms with Gasteiger partial charge in [-0.2, -0.15) is 0 Å². The molecule has 1 aromatic carbocycles. The van der Waals surface area contributed by atoms with E-state index < -0.39 is 0 Å². The van der Waals surface area contributed by atoms with Crippen LogP contribution in [0.5, 0.6) is 11.5 Å². The fourth-order valence-corrected chi connectivity index (χ4v) is 2.03. The second kappa shape index (κ2) is 15.4. The van der Waals surface area contributed by atoms with Crippen molar-refractivity contribution in [2.24, 2.45) is 0 Å². The van der Waals surface area contributed by atoms with E-state index in [1.807, 2.05) is 12.1 Å². The number of hydrogen-bond acceptors (Lipinski definition) is 3. The lowest BCUT2D eigenvalue weighted by Gasteiger charge is -2.04. The Bertz CT molecular complexity index is 394. The summed E-state index contributed by atoms with van der Waals surface area (Å²) >= 11 is 0. The third-order valence-electron chi connectivity index (χ3n) is 3.41. The van der Waals surface area contributed by atoms with Gasteiger partial charge in [0.2, 0.25) is 0 Å². The average Bonchev–Trinajstić information content (AvgIpc) is 2.57. The van der Waals surface area contributed by atoms with Crippen LogP contribution in [0.1, 0.15) is 57.9 Å². The van der Waals surface area contributed by atoms with Crippen molar-refractivity contribution in [1.82, 2.24) is 0 Å². The predicted molar refractivity (Wildman–Crippen MR) is 98.4 cm³/mol. The summed E-state index contributed by atoms with van der Waals surface area (Å²) < 4.78 is 10.4. The van der Waals surface area contributed by atoms with Gasteiger partial charge in [-0.25, -0.2) is 0 Å². The number of benzene rings is 1. The molecule has 0 saturated carbocycles. The van der Waals surface area contributed by atoms with E-state index in [-0.39, 0.29) is 5.75 Å². The molecule has 0 aromatic heterocycles. The minimum atomic E-state index is 0.172.